The van der Waals surface area contributed by atoms with Gasteiger partial charge in [-0.25, -0.2) is 0 Å². The third-order valence-electron chi connectivity index (χ3n) is 4.30. The first kappa shape index (κ1) is 19.8. The number of methoxy groups -OCH3 is 1. The first-order valence-corrected chi connectivity index (χ1v) is 8.70. The highest BCUT2D eigenvalue weighted by Crippen LogP contribution is 2.28. The third kappa shape index (κ3) is 6.04. The van der Waals surface area contributed by atoms with Gasteiger partial charge in [0.15, 0.2) is 0 Å². The molecule has 0 bridgehead atoms. The molecule has 1 aromatic rings. The molecule has 1 aliphatic heterocycles. The second-order valence-corrected chi connectivity index (χ2v) is 6.66. The lowest BCUT2D eigenvalue weighted by molar-refractivity contribution is 0.139. The maximum absolute atomic E-state index is 10.2. The lowest BCUT2D eigenvalue weighted by atomic mass is 9.94. The van der Waals surface area contributed by atoms with Crippen LogP contribution in [0.5, 0.6) is 5.75 Å². The molecule has 2 N–H and O–H groups in total. The highest BCUT2D eigenvalue weighted by molar-refractivity contribution is 6.30. The molecule has 0 aliphatic carbocycles. The van der Waals surface area contributed by atoms with Crippen LogP contribution >= 0.6 is 11.6 Å². The summed E-state index contributed by atoms with van der Waals surface area (Å²) >= 11 is 5.91. The summed E-state index contributed by atoms with van der Waals surface area (Å²) in [6.07, 6.45) is 6.76. The van der Waals surface area contributed by atoms with Gasteiger partial charge in [0, 0.05) is 23.5 Å². The van der Waals surface area contributed by atoms with Crippen molar-refractivity contribution in [3.63, 3.8) is 0 Å². The molecule has 2 rings (SSSR count). The minimum absolute atomic E-state index is 0.0531. The van der Waals surface area contributed by atoms with E-state index >= 15 is 0 Å². The molecule has 138 valence electrons. The van der Waals surface area contributed by atoms with E-state index in [0.29, 0.717) is 23.7 Å². The van der Waals surface area contributed by atoms with Crippen LogP contribution in [0.15, 0.2) is 48.8 Å². The Bertz CT molecular complexity index is 593. The first-order chi connectivity index (χ1) is 12.0. The summed E-state index contributed by atoms with van der Waals surface area (Å²) in [6.45, 7) is 0.750. The quantitative estimate of drug-likeness (QED) is 0.546. The molecule has 0 amide bonds. The van der Waals surface area contributed by atoms with Gasteiger partial charge in [-0.3, -0.25) is 4.90 Å². The number of hydrogen-bond acceptors (Lipinski definition) is 5. The Kier molecular flexibility index (Phi) is 7.78. The molecular weight excluding hydrogens is 342 g/mol. The molecule has 0 saturated carbocycles. The molecule has 1 fully saturated rings. The van der Waals surface area contributed by atoms with Gasteiger partial charge in [0.2, 0.25) is 0 Å². The van der Waals surface area contributed by atoms with Crippen molar-refractivity contribution in [1.82, 2.24) is 4.90 Å². The van der Waals surface area contributed by atoms with Gasteiger partial charge < -0.3 is 19.7 Å². The molecule has 5 nitrogen and oxygen atoms in total. The Balaban J connectivity index is 1.89. The van der Waals surface area contributed by atoms with E-state index < -0.39 is 12.2 Å². The van der Waals surface area contributed by atoms with Crippen molar-refractivity contribution in [2.45, 2.75) is 24.7 Å². The van der Waals surface area contributed by atoms with Crippen LogP contribution in [0, 0.1) is 5.92 Å². The van der Waals surface area contributed by atoms with Crippen molar-refractivity contribution < 1.29 is 19.7 Å². The normalized spacial score (nSPS) is 25.7. The average molecular weight is 368 g/mol. The summed E-state index contributed by atoms with van der Waals surface area (Å²) < 4.78 is 10.5. The summed E-state index contributed by atoms with van der Waals surface area (Å²) in [5, 5.41) is 20.9. The monoisotopic (exact) mass is 367 g/mol. The lowest BCUT2D eigenvalue weighted by Gasteiger charge is -2.21. The largest absolute Gasteiger partial charge is 0.505 e. The lowest BCUT2D eigenvalue weighted by Crippen LogP contribution is -2.28. The SMILES string of the molecule is CO/C=C\C[C@H]1C(O)CN(C)[C@@H]1/C=C/C(O)COc1cccc(Cl)c1. The summed E-state index contributed by atoms with van der Waals surface area (Å²) in [5.74, 6) is 0.685. The van der Waals surface area contributed by atoms with Crippen molar-refractivity contribution in [2.24, 2.45) is 5.92 Å². The number of ether oxygens (including phenoxy) is 2. The second kappa shape index (κ2) is 9.82. The van der Waals surface area contributed by atoms with E-state index in [2.05, 4.69) is 4.90 Å². The summed E-state index contributed by atoms with van der Waals surface area (Å²) in [4.78, 5) is 2.08. The van der Waals surface area contributed by atoms with E-state index in [-0.39, 0.29) is 18.6 Å². The number of likely N-dealkylation sites (N-methyl/N-ethyl adjacent to an activating group) is 1. The zero-order valence-electron chi connectivity index (χ0n) is 14.6. The summed E-state index contributed by atoms with van der Waals surface area (Å²) in [6, 6.07) is 7.12. The van der Waals surface area contributed by atoms with Gasteiger partial charge in [-0.05, 0) is 37.7 Å². The fraction of sp³-hybridized carbons (Fsp3) is 0.474. The minimum Gasteiger partial charge on any atom is -0.505 e. The predicted molar refractivity (Wildman–Crippen MR) is 98.8 cm³/mol. The number of likely N-dealkylation sites (tertiary alicyclic amines) is 1. The number of aliphatic hydroxyl groups is 2. The van der Waals surface area contributed by atoms with Crippen molar-refractivity contribution in [3.05, 3.63) is 53.8 Å². The smallest absolute Gasteiger partial charge is 0.120 e. The molecule has 1 aromatic carbocycles. The van der Waals surface area contributed by atoms with Gasteiger partial charge in [-0.15, -0.1) is 0 Å². The molecule has 25 heavy (non-hydrogen) atoms. The number of benzene rings is 1. The molecule has 1 saturated heterocycles. The van der Waals surface area contributed by atoms with E-state index in [0.717, 1.165) is 0 Å². The second-order valence-electron chi connectivity index (χ2n) is 6.23. The van der Waals surface area contributed by atoms with Crippen LogP contribution in [-0.4, -0.2) is 60.7 Å². The van der Waals surface area contributed by atoms with Gasteiger partial charge in [0.05, 0.1) is 19.5 Å². The Morgan fingerprint density at radius 1 is 1.44 bits per heavy atom. The van der Waals surface area contributed by atoms with Gasteiger partial charge in [-0.2, -0.15) is 0 Å². The fourth-order valence-corrected chi connectivity index (χ4v) is 3.22. The third-order valence-corrected chi connectivity index (χ3v) is 4.54. The number of hydrogen-bond donors (Lipinski definition) is 2. The van der Waals surface area contributed by atoms with E-state index in [1.54, 1.807) is 43.7 Å². The number of halogens is 1. The van der Waals surface area contributed by atoms with E-state index in [1.165, 1.54) is 0 Å². The number of nitrogens with zero attached hydrogens (tertiary/aromatic N) is 1. The van der Waals surface area contributed by atoms with Crippen LogP contribution < -0.4 is 4.74 Å². The highest BCUT2D eigenvalue weighted by atomic mass is 35.5. The molecular formula is C19H26ClNO4. The van der Waals surface area contributed by atoms with Gasteiger partial charge in [-0.1, -0.05) is 29.8 Å². The summed E-state index contributed by atoms with van der Waals surface area (Å²) in [7, 11) is 3.56. The summed E-state index contributed by atoms with van der Waals surface area (Å²) in [5.41, 5.74) is 0. The molecule has 0 radical (unpaired) electrons. The van der Waals surface area contributed by atoms with Gasteiger partial charge in [0.1, 0.15) is 18.5 Å². The topological polar surface area (TPSA) is 62.2 Å². The molecule has 1 aliphatic rings. The van der Waals surface area contributed by atoms with E-state index in [9.17, 15) is 10.2 Å². The maximum Gasteiger partial charge on any atom is 0.120 e. The zero-order valence-corrected chi connectivity index (χ0v) is 15.3. The fourth-order valence-electron chi connectivity index (χ4n) is 3.04. The van der Waals surface area contributed by atoms with Crippen molar-refractivity contribution in [1.29, 1.82) is 0 Å². The van der Waals surface area contributed by atoms with Gasteiger partial charge in [0.25, 0.3) is 0 Å². The highest BCUT2D eigenvalue weighted by Gasteiger charge is 2.36. The number of rotatable bonds is 8. The van der Waals surface area contributed by atoms with Crippen LogP contribution in [0.4, 0.5) is 0 Å². The standard InChI is InChI=1S/C19H26ClNO4/c1-21-12-19(23)17(7-4-10-24-2)18(21)9-8-15(22)13-25-16-6-3-5-14(20)11-16/h3-6,8-11,15,17-19,22-23H,7,12-13H2,1-2H3/b9-8+,10-4-/t15?,17-,18-,19?/m1/s1. The first-order valence-electron chi connectivity index (χ1n) is 8.32. The maximum atomic E-state index is 10.2. The number of aliphatic hydroxyl groups excluding tert-OH is 2. The van der Waals surface area contributed by atoms with Crippen LogP contribution in [0.2, 0.25) is 5.02 Å². The Morgan fingerprint density at radius 2 is 2.24 bits per heavy atom. The molecule has 4 atom stereocenters. The van der Waals surface area contributed by atoms with E-state index in [1.807, 2.05) is 19.2 Å². The molecule has 0 aromatic heterocycles. The van der Waals surface area contributed by atoms with Crippen molar-refractivity contribution >= 4 is 11.6 Å². The van der Waals surface area contributed by atoms with Crippen LogP contribution in [0.3, 0.4) is 0 Å². The molecule has 1 heterocycles. The van der Waals surface area contributed by atoms with Crippen molar-refractivity contribution in [3.8, 4) is 5.75 Å². The Morgan fingerprint density at radius 3 is 2.96 bits per heavy atom. The average Bonchev–Trinajstić information content (AvgIpc) is 2.85. The van der Waals surface area contributed by atoms with Crippen LogP contribution in [0.25, 0.3) is 0 Å². The zero-order chi connectivity index (χ0) is 18.2. The van der Waals surface area contributed by atoms with E-state index in [4.69, 9.17) is 21.1 Å². The van der Waals surface area contributed by atoms with Crippen molar-refractivity contribution in [2.75, 3.05) is 27.3 Å². The van der Waals surface area contributed by atoms with Crippen LogP contribution in [-0.2, 0) is 4.74 Å². The molecule has 6 heteroatoms. The molecule has 2 unspecified atom stereocenters. The predicted octanol–water partition coefficient (Wildman–Crippen LogP) is 2.48. The Hall–Kier alpha value is -1.53. The number of allylic oxidation sites excluding steroid dienone is 1. The Labute approximate surface area is 154 Å². The minimum atomic E-state index is -0.736. The number of β-amino-alcohol motifs (C(OH)–C–C–N with tert-alkyl or cyclic N) is 1. The van der Waals surface area contributed by atoms with Crippen LogP contribution in [0.1, 0.15) is 6.42 Å². The van der Waals surface area contributed by atoms with Gasteiger partial charge >= 0.3 is 0 Å². The molecule has 0 spiro atoms.